The number of benzene rings is 1. The maximum atomic E-state index is 12.2. The molecule has 0 bridgehead atoms. The van der Waals surface area contributed by atoms with E-state index in [1.165, 1.54) is 0 Å². The molecule has 1 aromatic rings. The first-order valence-electron chi connectivity index (χ1n) is 8.62. The summed E-state index contributed by atoms with van der Waals surface area (Å²) in [6, 6.07) is 6.10. The van der Waals surface area contributed by atoms with Crippen LogP contribution in [0, 0.1) is 5.92 Å². The average Bonchev–Trinajstić information content (AvgIpc) is 3.26. The number of carbonyl (C=O) groups excluding carboxylic acids is 1. The quantitative estimate of drug-likeness (QED) is 0.815. The van der Waals surface area contributed by atoms with Crippen molar-refractivity contribution in [2.45, 2.75) is 31.7 Å². The summed E-state index contributed by atoms with van der Waals surface area (Å²) in [4.78, 5) is 14.5. The molecule has 1 aliphatic carbocycles. The van der Waals surface area contributed by atoms with Crippen molar-refractivity contribution >= 4 is 11.6 Å². The standard InChI is InChI=1S/C19H26N2O3/c1-23-17-10-16(11-18(12-17)24-2)21-8-7-15(13-21)20-19(22)9-14-5-3-4-6-14/h3,5,10-12,14-15H,4,6-9,13H2,1-2H3,(H,20,22)/t14-,15-/m1/s1. The Hall–Kier alpha value is -2.17. The zero-order valence-corrected chi connectivity index (χ0v) is 14.5. The van der Waals surface area contributed by atoms with Gasteiger partial charge in [0.25, 0.3) is 0 Å². The highest BCUT2D eigenvalue weighted by molar-refractivity contribution is 5.77. The lowest BCUT2D eigenvalue weighted by atomic mass is 10.0. The van der Waals surface area contributed by atoms with Crippen LogP contribution >= 0.6 is 0 Å². The molecule has 3 rings (SSSR count). The van der Waals surface area contributed by atoms with Gasteiger partial charge in [-0.05, 0) is 25.2 Å². The molecule has 24 heavy (non-hydrogen) atoms. The predicted octanol–water partition coefficient (Wildman–Crippen LogP) is 2.76. The molecule has 2 atom stereocenters. The number of hydrogen-bond acceptors (Lipinski definition) is 4. The molecule has 2 aliphatic rings. The number of methoxy groups -OCH3 is 2. The summed E-state index contributed by atoms with van der Waals surface area (Å²) in [5.74, 6) is 2.15. The summed E-state index contributed by atoms with van der Waals surface area (Å²) in [7, 11) is 3.31. The Morgan fingerprint density at radius 1 is 1.21 bits per heavy atom. The Bertz CT molecular complexity index is 592. The van der Waals surface area contributed by atoms with Gasteiger partial charge in [-0.2, -0.15) is 0 Å². The molecule has 5 heteroatoms. The van der Waals surface area contributed by atoms with Gasteiger partial charge in [-0.3, -0.25) is 4.79 Å². The van der Waals surface area contributed by atoms with E-state index in [2.05, 4.69) is 22.4 Å². The Morgan fingerprint density at radius 2 is 1.96 bits per heavy atom. The summed E-state index contributed by atoms with van der Waals surface area (Å²) < 4.78 is 10.7. The lowest BCUT2D eigenvalue weighted by Gasteiger charge is -2.21. The zero-order chi connectivity index (χ0) is 16.9. The van der Waals surface area contributed by atoms with Crippen LogP contribution in [0.25, 0.3) is 0 Å². The Kier molecular flexibility index (Phi) is 5.28. The van der Waals surface area contributed by atoms with Gasteiger partial charge in [0.05, 0.1) is 14.2 Å². The molecule has 1 aromatic carbocycles. The number of rotatable bonds is 6. The van der Waals surface area contributed by atoms with E-state index in [0.717, 1.165) is 49.5 Å². The van der Waals surface area contributed by atoms with Crippen molar-refractivity contribution in [1.82, 2.24) is 5.32 Å². The van der Waals surface area contributed by atoms with Gasteiger partial charge in [-0.15, -0.1) is 0 Å². The molecule has 1 fully saturated rings. The molecular weight excluding hydrogens is 304 g/mol. The Morgan fingerprint density at radius 3 is 2.58 bits per heavy atom. The molecule has 5 nitrogen and oxygen atoms in total. The third-order valence-electron chi connectivity index (χ3n) is 4.81. The highest BCUT2D eigenvalue weighted by Gasteiger charge is 2.25. The van der Waals surface area contributed by atoms with Crippen molar-refractivity contribution in [2.75, 3.05) is 32.2 Å². The van der Waals surface area contributed by atoms with Crippen LogP contribution in [-0.2, 0) is 4.79 Å². The summed E-state index contributed by atoms with van der Waals surface area (Å²) >= 11 is 0. The minimum atomic E-state index is 0.168. The SMILES string of the molecule is COc1cc(OC)cc(N2CC[C@@H](NC(=O)C[C@@H]3C=CCC3)C2)c1. The van der Waals surface area contributed by atoms with Crippen LogP contribution in [0.15, 0.2) is 30.4 Å². The Balaban J connectivity index is 1.56. The second-order valence-electron chi connectivity index (χ2n) is 6.54. The normalized spacial score (nSPS) is 22.7. The molecule has 0 aromatic heterocycles. The molecule has 1 heterocycles. The molecule has 1 amide bonds. The van der Waals surface area contributed by atoms with Crippen molar-refractivity contribution in [3.05, 3.63) is 30.4 Å². The number of amides is 1. The maximum absolute atomic E-state index is 12.2. The number of allylic oxidation sites excluding steroid dienone is 2. The number of hydrogen-bond donors (Lipinski definition) is 1. The molecule has 0 unspecified atom stereocenters. The van der Waals surface area contributed by atoms with Gasteiger partial charge in [-0.1, -0.05) is 12.2 Å². The van der Waals surface area contributed by atoms with E-state index in [-0.39, 0.29) is 11.9 Å². The van der Waals surface area contributed by atoms with Gasteiger partial charge in [0.1, 0.15) is 11.5 Å². The van der Waals surface area contributed by atoms with Crippen molar-refractivity contribution in [1.29, 1.82) is 0 Å². The van der Waals surface area contributed by atoms with E-state index in [1.807, 2.05) is 18.2 Å². The number of nitrogens with zero attached hydrogens (tertiary/aromatic N) is 1. The number of nitrogens with one attached hydrogen (secondary N) is 1. The highest BCUT2D eigenvalue weighted by Crippen LogP contribution is 2.30. The third kappa shape index (κ3) is 4.02. The van der Waals surface area contributed by atoms with Crippen molar-refractivity contribution in [3.63, 3.8) is 0 Å². The van der Waals surface area contributed by atoms with Gasteiger partial charge < -0.3 is 19.7 Å². The van der Waals surface area contributed by atoms with E-state index in [1.54, 1.807) is 14.2 Å². The van der Waals surface area contributed by atoms with E-state index in [9.17, 15) is 4.79 Å². The number of carbonyl (C=O) groups is 1. The maximum Gasteiger partial charge on any atom is 0.220 e. The highest BCUT2D eigenvalue weighted by atomic mass is 16.5. The van der Waals surface area contributed by atoms with Crippen LogP contribution in [0.4, 0.5) is 5.69 Å². The Labute approximate surface area is 143 Å². The van der Waals surface area contributed by atoms with Crippen LogP contribution in [0.3, 0.4) is 0 Å². The fraction of sp³-hybridized carbons (Fsp3) is 0.526. The summed E-state index contributed by atoms with van der Waals surface area (Å²) in [6.45, 7) is 1.74. The van der Waals surface area contributed by atoms with E-state index >= 15 is 0 Å². The molecule has 1 N–H and O–H groups in total. The second-order valence-corrected chi connectivity index (χ2v) is 6.54. The molecule has 1 saturated heterocycles. The lowest BCUT2D eigenvalue weighted by molar-refractivity contribution is -0.122. The smallest absolute Gasteiger partial charge is 0.220 e. The number of ether oxygens (including phenoxy) is 2. The van der Waals surface area contributed by atoms with Crippen molar-refractivity contribution in [2.24, 2.45) is 5.92 Å². The fourth-order valence-corrected chi connectivity index (χ4v) is 3.48. The van der Waals surface area contributed by atoms with E-state index < -0.39 is 0 Å². The zero-order valence-electron chi connectivity index (χ0n) is 14.5. The number of anilines is 1. The minimum absolute atomic E-state index is 0.168. The molecule has 130 valence electrons. The molecule has 1 aliphatic heterocycles. The predicted molar refractivity (Wildman–Crippen MR) is 94.8 cm³/mol. The first-order chi connectivity index (χ1) is 11.7. The van der Waals surface area contributed by atoms with Crippen molar-refractivity contribution in [3.8, 4) is 11.5 Å². The van der Waals surface area contributed by atoms with Crippen LogP contribution in [0.2, 0.25) is 0 Å². The third-order valence-corrected chi connectivity index (χ3v) is 4.81. The molecule has 0 saturated carbocycles. The molecule has 0 radical (unpaired) electrons. The van der Waals surface area contributed by atoms with Crippen LogP contribution in [-0.4, -0.2) is 39.3 Å². The van der Waals surface area contributed by atoms with Gasteiger partial charge in [0.15, 0.2) is 0 Å². The first kappa shape index (κ1) is 16.7. The van der Waals surface area contributed by atoms with Crippen LogP contribution in [0.1, 0.15) is 25.7 Å². The lowest BCUT2D eigenvalue weighted by Crippen LogP contribution is -2.37. The fourth-order valence-electron chi connectivity index (χ4n) is 3.48. The minimum Gasteiger partial charge on any atom is -0.497 e. The summed E-state index contributed by atoms with van der Waals surface area (Å²) in [5.41, 5.74) is 1.07. The van der Waals surface area contributed by atoms with E-state index in [4.69, 9.17) is 9.47 Å². The van der Waals surface area contributed by atoms with Crippen molar-refractivity contribution < 1.29 is 14.3 Å². The first-order valence-corrected chi connectivity index (χ1v) is 8.62. The van der Waals surface area contributed by atoms with Gasteiger partial charge in [0.2, 0.25) is 5.91 Å². The topological polar surface area (TPSA) is 50.8 Å². The monoisotopic (exact) mass is 330 g/mol. The van der Waals surface area contributed by atoms with Crippen LogP contribution < -0.4 is 19.7 Å². The molecule has 0 spiro atoms. The summed E-state index contributed by atoms with van der Waals surface area (Å²) in [6.07, 6.45) is 8.13. The average molecular weight is 330 g/mol. The molecular formula is C19H26N2O3. The summed E-state index contributed by atoms with van der Waals surface area (Å²) in [5, 5.41) is 3.19. The van der Waals surface area contributed by atoms with E-state index in [0.29, 0.717) is 12.3 Å². The van der Waals surface area contributed by atoms with Gasteiger partial charge in [-0.25, -0.2) is 0 Å². The van der Waals surface area contributed by atoms with Gasteiger partial charge >= 0.3 is 0 Å². The van der Waals surface area contributed by atoms with Crippen LogP contribution in [0.5, 0.6) is 11.5 Å². The second kappa shape index (κ2) is 7.60. The van der Waals surface area contributed by atoms with Gasteiger partial charge in [0, 0.05) is 49.4 Å². The largest absolute Gasteiger partial charge is 0.497 e.